The molecule has 0 aromatic carbocycles. The van der Waals surface area contributed by atoms with Gasteiger partial charge in [-0.3, -0.25) is 14.5 Å². The summed E-state index contributed by atoms with van der Waals surface area (Å²) in [5, 5.41) is 2.62. The minimum Gasteiger partial charge on any atom is -0.379 e. The molecular weight excluding hydrogens is 296 g/mol. The first-order valence-corrected chi connectivity index (χ1v) is 7.64. The Balaban J connectivity index is 1.69. The number of nitrogens with one attached hydrogen (secondary N) is 1. The number of likely N-dealkylation sites (tertiary alicyclic amines) is 1. The van der Waals surface area contributed by atoms with Gasteiger partial charge >= 0.3 is 0 Å². The average Bonchev–Trinajstić information content (AvgIpc) is 2.78. The zero-order chi connectivity index (χ0) is 15.8. The fourth-order valence-electron chi connectivity index (χ4n) is 3.57. The van der Waals surface area contributed by atoms with Crippen molar-refractivity contribution in [3.63, 3.8) is 0 Å². The first-order chi connectivity index (χ1) is 10.4. The highest BCUT2D eigenvalue weighted by Crippen LogP contribution is 2.43. The number of carbonyl (C=O) groups excluding carboxylic acids is 2. The Morgan fingerprint density at radius 3 is 2.64 bits per heavy atom. The van der Waals surface area contributed by atoms with Crippen molar-refractivity contribution in [3.05, 3.63) is 0 Å². The number of ether oxygens (including phenoxy) is 1. The van der Waals surface area contributed by atoms with E-state index in [9.17, 15) is 18.4 Å². The van der Waals surface area contributed by atoms with Gasteiger partial charge in [-0.2, -0.15) is 0 Å². The highest BCUT2D eigenvalue weighted by Gasteiger charge is 2.55. The van der Waals surface area contributed by atoms with Crippen LogP contribution in [0.2, 0.25) is 0 Å². The molecule has 3 saturated heterocycles. The number of rotatable bonds is 2. The molecule has 1 N–H and O–H groups in total. The summed E-state index contributed by atoms with van der Waals surface area (Å²) >= 11 is 0. The lowest BCUT2D eigenvalue weighted by molar-refractivity contribution is -0.161. The SMILES string of the molecule is O=C(CN1CCOCC1)N1CC(F)(F)C[C@]2(CCNC2=O)C1. The fraction of sp³-hybridized carbons (Fsp3) is 0.857. The van der Waals surface area contributed by atoms with E-state index in [-0.39, 0.29) is 24.9 Å². The van der Waals surface area contributed by atoms with Crippen LogP contribution in [0.4, 0.5) is 8.78 Å². The number of carbonyl (C=O) groups is 2. The van der Waals surface area contributed by atoms with Crippen molar-refractivity contribution < 1.29 is 23.1 Å². The van der Waals surface area contributed by atoms with E-state index in [0.717, 1.165) is 0 Å². The van der Waals surface area contributed by atoms with Crippen molar-refractivity contribution >= 4 is 11.8 Å². The first-order valence-electron chi connectivity index (χ1n) is 7.64. The molecule has 22 heavy (non-hydrogen) atoms. The normalized spacial score (nSPS) is 32.3. The second-order valence-electron chi connectivity index (χ2n) is 6.46. The van der Waals surface area contributed by atoms with Gasteiger partial charge in [-0.25, -0.2) is 8.78 Å². The van der Waals surface area contributed by atoms with Gasteiger partial charge in [0.05, 0.1) is 31.7 Å². The molecule has 0 saturated carbocycles. The van der Waals surface area contributed by atoms with Crippen LogP contribution in [0.15, 0.2) is 0 Å². The van der Waals surface area contributed by atoms with Crippen LogP contribution in [0.25, 0.3) is 0 Å². The van der Waals surface area contributed by atoms with E-state index >= 15 is 0 Å². The number of piperidine rings is 1. The summed E-state index contributed by atoms with van der Waals surface area (Å²) in [6.45, 7) is 2.37. The van der Waals surface area contributed by atoms with Crippen molar-refractivity contribution in [2.24, 2.45) is 5.41 Å². The molecule has 0 bridgehead atoms. The van der Waals surface area contributed by atoms with Crippen LogP contribution in [0.5, 0.6) is 0 Å². The van der Waals surface area contributed by atoms with Gasteiger partial charge in [-0.05, 0) is 6.42 Å². The van der Waals surface area contributed by atoms with Gasteiger partial charge in [-0.1, -0.05) is 0 Å². The van der Waals surface area contributed by atoms with E-state index < -0.39 is 24.3 Å². The Kier molecular flexibility index (Phi) is 4.07. The van der Waals surface area contributed by atoms with E-state index in [1.165, 1.54) is 4.90 Å². The molecule has 3 rings (SSSR count). The maximum Gasteiger partial charge on any atom is 0.266 e. The van der Waals surface area contributed by atoms with Crippen molar-refractivity contribution in [1.29, 1.82) is 0 Å². The smallest absolute Gasteiger partial charge is 0.266 e. The van der Waals surface area contributed by atoms with Crippen LogP contribution in [-0.4, -0.2) is 80.0 Å². The summed E-state index contributed by atoms with van der Waals surface area (Å²) in [6, 6.07) is 0. The molecule has 0 aromatic heterocycles. The lowest BCUT2D eigenvalue weighted by Gasteiger charge is -2.43. The molecule has 3 aliphatic rings. The molecule has 1 atom stereocenters. The van der Waals surface area contributed by atoms with E-state index in [2.05, 4.69) is 5.32 Å². The Morgan fingerprint density at radius 2 is 2.00 bits per heavy atom. The van der Waals surface area contributed by atoms with Crippen molar-refractivity contribution in [3.8, 4) is 0 Å². The monoisotopic (exact) mass is 317 g/mol. The van der Waals surface area contributed by atoms with Crippen LogP contribution in [0.3, 0.4) is 0 Å². The number of hydrogen-bond donors (Lipinski definition) is 1. The minimum atomic E-state index is -3.01. The number of alkyl halides is 2. The van der Waals surface area contributed by atoms with Crippen LogP contribution < -0.4 is 5.32 Å². The molecule has 1 spiro atoms. The third kappa shape index (κ3) is 3.08. The highest BCUT2D eigenvalue weighted by atomic mass is 19.3. The molecule has 2 amide bonds. The molecule has 3 aliphatic heterocycles. The molecule has 0 radical (unpaired) electrons. The first kappa shape index (κ1) is 15.6. The van der Waals surface area contributed by atoms with Crippen LogP contribution in [0.1, 0.15) is 12.8 Å². The molecule has 124 valence electrons. The predicted octanol–water partition coefficient (Wildman–Crippen LogP) is -0.307. The maximum absolute atomic E-state index is 14.1. The van der Waals surface area contributed by atoms with Gasteiger partial charge in [0.15, 0.2) is 0 Å². The molecule has 3 fully saturated rings. The van der Waals surface area contributed by atoms with Gasteiger partial charge in [0, 0.05) is 32.6 Å². The number of amides is 2. The zero-order valence-corrected chi connectivity index (χ0v) is 12.4. The van der Waals surface area contributed by atoms with Gasteiger partial charge < -0.3 is 15.0 Å². The molecule has 6 nitrogen and oxygen atoms in total. The maximum atomic E-state index is 14.1. The molecule has 0 aliphatic carbocycles. The summed E-state index contributed by atoms with van der Waals surface area (Å²) in [5.41, 5.74) is -1.12. The fourth-order valence-corrected chi connectivity index (χ4v) is 3.57. The summed E-state index contributed by atoms with van der Waals surface area (Å²) in [6.07, 6.45) is -0.101. The average molecular weight is 317 g/mol. The molecule has 3 heterocycles. The number of hydrogen-bond acceptors (Lipinski definition) is 4. The lowest BCUT2D eigenvalue weighted by atomic mass is 9.77. The van der Waals surface area contributed by atoms with Crippen LogP contribution in [0, 0.1) is 5.41 Å². The number of morpholine rings is 1. The molecule has 8 heteroatoms. The van der Waals surface area contributed by atoms with E-state index in [1.807, 2.05) is 4.90 Å². The largest absolute Gasteiger partial charge is 0.379 e. The van der Waals surface area contributed by atoms with Crippen LogP contribution >= 0.6 is 0 Å². The Morgan fingerprint density at radius 1 is 1.27 bits per heavy atom. The lowest BCUT2D eigenvalue weighted by Crippen LogP contribution is -2.58. The summed E-state index contributed by atoms with van der Waals surface area (Å²) in [4.78, 5) is 27.4. The standard InChI is InChI=1S/C14H21F2N3O3/c15-14(16)8-13(1-2-17-12(13)21)9-19(10-14)11(20)7-18-3-5-22-6-4-18/h1-10H2,(H,17,21)/t13-/m1/s1. The number of nitrogens with zero attached hydrogens (tertiary/aromatic N) is 2. The molecular formula is C14H21F2N3O3. The zero-order valence-electron chi connectivity index (χ0n) is 12.4. The van der Waals surface area contributed by atoms with Gasteiger partial charge in [0.2, 0.25) is 11.8 Å². The summed E-state index contributed by atoms with van der Waals surface area (Å²) in [7, 11) is 0. The van der Waals surface area contributed by atoms with E-state index in [0.29, 0.717) is 39.3 Å². The Bertz CT molecular complexity index is 468. The van der Waals surface area contributed by atoms with Crippen molar-refractivity contribution in [2.45, 2.75) is 18.8 Å². The highest BCUT2D eigenvalue weighted by molar-refractivity contribution is 5.87. The number of halogens is 2. The van der Waals surface area contributed by atoms with Gasteiger partial charge in [0.1, 0.15) is 0 Å². The Hall–Kier alpha value is -1.28. The van der Waals surface area contributed by atoms with Crippen molar-refractivity contribution in [2.75, 3.05) is 52.5 Å². The predicted molar refractivity (Wildman–Crippen MR) is 73.5 cm³/mol. The van der Waals surface area contributed by atoms with Crippen LogP contribution in [-0.2, 0) is 14.3 Å². The second-order valence-corrected chi connectivity index (χ2v) is 6.46. The topological polar surface area (TPSA) is 61.9 Å². The molecule has 0 unspecified atom stereocenters. The van der Waals surface area contributed by atoms with E-state index in [1.54, 1.807) is 0 Å². The van der Waals surface area contributed by atoms with E-state index in [4.69, 9.17) is 4.74 Å². The molecule has 0 aromatic rings. The summed E-state index contributed by atoms with van der Waals surface area (Å²) < 4.78 is 33.3. The summed E-state index contributed by atoms with van der Waals surface area (Å²) in [5.74, 6) is -3.70. The van der Waals surface area contributed by atoms with Gasteiger partial charge in [0.25, 0.3) is 5.92 Å². The third-order valence-electron chi connectivity index (χ3n) is 4.70. The Labute approximate surface area is 127 Å². The van der Waals surface area contributed by atoms with Crippen molar-refractivity contribution in [1.82, 2.24) is 15.1 Å². The second kappa shape index (κ2) is 5.73. The minimum absolute atomic E-state index is 0.0948. The quantitative estimate of drug-likeness (QED) is 0.759. The van der Waals surface area contributed by atoms with Gasteiger partial charge in [-0.15, -0.1) is 0 Å². The third-order valence-corrected chi connectivity index (χ3v) is 4.70.